The molecular formula is C24H18ClN3O3. The van der Waals surface area contributed by atoms with E-state index in [1.54, 1.807) is 24.3 Å². The number of hydrazone groups is 1. The highest BCUT2D eigenvalue weighted by atomic mass is 35.5. The molecule has 0 amide bonds. The fourth-order valence-corrected chi connectivity index (χ4v) is 4.72. The molecule has 2 unspecified atom stereocenters. The average molecular weight is 432 g/mol. The molecule has 2 atom stereocenters. The summed E-state index contributed by atoms with van der Waals surface area (Å²) >= 11 is 6.31. The summed E-state index contributed by atoms with van der Waals surface area (Å²) in [5.41, 5.74) is 4.34. The van der Waals surface area contributed by atoms with Gasteiger partial charge in [-0.05, 0) is 67.8 Å². The van der Waals surface area contributed by atoms with Crippen molar-refractivity contribution in [3.8, 4) is 6.07 Å². The SMILES string of the molecule is Cc1ccc(C2C3CCc4cc(C(=O)O)ccc4C3=NN2c2ccc(C#N)c(Cl)c2)o1. The number of fused-ring (bicyclic) bond motifs is 3. The number of furan rings is 1. The van der Waals surface area contributed by atoms with E-state index in [0.717, 1.165) is 46.9 Å². The van der Waals surface area contributed by atoms with Gasteiger partial charge in [-0.1, -0.05) is 17.7 Å². The summed E-state index contributed by atoms with van der Waals surface area (Å²) in [4.78, 5) is 11.4. The summed E-state index contributed by atoms with van der Waals surface area (Å²) in [6, 6.07) is 16.3. The van der Waals surface area contributed by atoms with Crippen LogP contribution in [0.2, 0.25) is 5.02 Å². The molecule has 7 heteroatoms. The Bertz CT molecular complexity index is 1290. The maximum Gasteiger partial charge on any atom is 0.335 e. The van der Waals surface area contributed by atoms with E-state index in [4.69, 9.17) is 21.1 Å². The second kappa shape index (κ2) is 7.29. The number of aromatic carboxylic acids is 1. The number of hydrogen-bond acceptors (Lipinski definition) is 5. The number of anilines is 1. The molecule has 1 N–H and O–H groups in total. The third-order valence-electron chi connectivity index (χ3n) is 5.95. The van der Waals surface area contributed by atoms with E-state index in [-0.39, 0.29) is 17.5 Å². The van der Waals surface area contributed by atoms with Gasteiger partial charge in [-0.15, -0.1) is 0 Å². The van der Waals surface area contributed by atoms with Crippen molar-refractivity contribution in [3.63, 3.8) is 0 Å². The number of benzene rings is 2. The quantitative estimate of drug-likeness (QED) is 0.604. The third kappa shape index (κ3) is 3.18. The molecule has 2 heterocycles. The first-order chi connectivity index (χ1) is 15.0. The van der Waals surface area contributed by atoms with Crippen molar-refractivity contribution in [2.75, 3.05) is 5.01 Å². The zero-order valence-corrected chi connectivity index (χ0v) is 17.4. The number of hydrogen-bond donors (Lipinski definition) is 1. The predicted octanol–water partition coefficient (Wildman–Crippen LogP) is 5.34. The van der Waals surface area contributed by atoms with Crippen LogP contribution in [0.15, 0.2) is 58.0 Å². The van der Waals surface area contributed by atoms with Gasteiger partial charge in [0.1, 0.15) is 23.6 Å². The van der Waals surface area contributed by atoms with E-state index in [9.17, 15) is 15.2 Å². The van der Waals surface area contributed by atoms with Crippen LogP contribution >= 0.6 is 11.6 Å². The van der Waals surface area contributed by atoms with E-state index < -0.39 is 5.97 Å². The van der Waals surface area contributed by atoms with Gasteiger partial charge in [-0.3, -0.25) is 5.01 Å². The van der Waals surface area contributed by atoms with Gasteiger partial charge in [0.25, 0.3) is 0 Å². The first kappa shape index (κ1) is 19.4. The summed E-state index contributed by atoms with van der Waals surface area (Å²) in [6.45, 7) is 1.91. The number of halogens is 1. The second-order valence-corrected chi connectivity index (χ2v) is 8.23. The van der Waals surface area contributed by atoms with Crippen LogP contribution in [0.25, 0.3) is 0 Å². The Morgan fingerprint density at radius 3 is 2.77 bits per heavy atom. The summed E-state index contributed by atoms with van der Waals surface area (Å²) in [6.07, 6.45) is 1.58. The number of nitriles is 1. The van der Waals surface area contributed by atoms with Gasteiger partial charge < -0.3 is 9.52 Å². The maximum atomic E-state index is 11.4. The largest absolute Gasteiger partial charge is 0.478 e. The summed E-state index contributed by atoms with van der Waals surface area (Å²) in [5.74, 6) is 0.787. The molecule has 154 valence electrons. The van der Waals surface area contributed by atoms with Crippen molar-refractivity contribution in [1.82, 2.24) is 0 Å². The van der Waals surface area contributed by atoms with Crippen molar-refractivity contribution in [2.45, 2.75) is 25.8 Å². The topological polar surface area (TPSA) is 89.8 Å². The minimum atomic E-state index is -0.934. The monoisotopic (exact) mass is 431 g/mol. The molecule has 1 aliphatic carbocycles. The summed E-state index contributed by atoms with van der Waals surface area (Å²) in [7, 11) is 0. The molecule has 0 saturated carbocycles. The highest BCUT2D eigenvalue weighted by Gasteiger charge is 2.43. The van der Waals surface area contributed by atoms with Crippen molar-refractivity contribution >= 4 is 29.0 Å². The number of rotatable bonds is 3. The van der Waals surface area contributed by atoms with Gasteiger partial charge in [0.15, 0.2) is 0 Å². The molecule has 0 radical (unpaired) electrons. The Morgan fingerprint density at radius 2 is 2.10 bits per heavy atom. The van der Waals surface area contributed by atoms with Crippen LogP contribution in [0.5, 0.6) is 0 Å². The Hall–Kier alpha value is -3.56. The highest BCUT2D eigenvalue weighted by molar-refractivity contribution is 6.32. The number of carboxylic acids is 1. The molecule has 0 spiro atoms. The smallest absolute Gasteiger partial charge is 0.335 e. The molecule has 0 fully saturated rings. The summed E-state index contributed by atoms with van der Waals surface area (Å²) < 4.78 is 6.00. The predicted molar refractivity (Wildman–Crippen MR) is 117 cm³/mol. The third-order valence-corrected chi connectivity index (χ3v) is 6.27. The standard InChI is InChI=1S/C24H18ClN3O3/c1-13-2-9-21(31-13)23-19-8-4-14-10-15(24(29)30)5-7-18(14)22(19)27-28(23)17-6-3-16(12-26)20(25)11-17/h2-3,5-7,9-11,19,23H,4,8H2,1H3,(H,29,30). The number of carbonyl (C=O) groups is 1. The van der Waals surface area contributed by atoms with Crippen LogP contribution < -0.4 is 5.01 Å². The van der Waals surface area contributed by atoms with Gasteiger partial charge in [0, 0.05) is 11.5 Å². The van der Waals surface area contributed by atoms with Gasteiger partial charge in [0.05, 0.1) is 27.5 Å². The van der Waals surface area contributed by atoms with Crippen LogP contribution in [0, 0.1) is 24.2 Å². The lowest BCUT2D eigenvalue weighted by molar-refractivity contribution is 0.0696. The fourth-order valence-electron chi connectivity index (χ4n) is 4.50. The first-order valence-corrected chi connectivity index (χ1v) is 10.3. The van der Waals surface area contributed by atoms with E-state index in [0.29, 0.717) is 10.6 Å². The van der Waals surface area contributed by atoms with Gasteiger partial charge in [-0.2, -0.15) is 10.4 Å². The highest BCUT2D eigenvalue weighted by Crippen LogP contribution is 2.46. The summed E-state index contributed by atoms with van der Waals surface area (Å²) in [5, 5.41) is 25.8. The van der Waals surface area contributed by atoms with Crippen molar-refractivity contribution in [1.29, 1.82) is 5.26 Å². The average Bonchev–Trinajstić information content (AvgIpc) is 3.36. The van der Waals surface area contributed by atoms with Crippen LogP contribution in [-0.2, 0) is 6.42 Å². The Morgan fingerprint density at radius 1 is 1.26 bits per heavy atom. The molecule has 1 aliphatic heterocycles. The lowest BCUT2D eigenvalue weighted by Crippen LogP contribution is -2.28. The normalized spacial score (nSPS) is 19.4. The molecule has 5 rings (SSSR count). The molecule has 2 aliphatic rings. The molecule has 0 saturated heterocycles. The van der Waals surface area contributed by atoms with Gasteiger partial charge in [-0.25, -0.2) is 4.79 Å². The van der Waals surface area contributed by atoms with Crippen LogP contribution in [0.3, 0.4) is 0 Å². The second-order valence-electron chi connectivity index (χ2n) is 7.82. The minimum Gasteiger partial charge on any atom is -0.478 e. The van der Waals surface area contributed by atoms with E-state index in [1.165, 1.54) is 0 Å². The molecule has 1 aromatic heterocycles. The lowest BCUT2D eigenvalue weighted by atomic mass is 9.78. The van der Waals surface area contributed by atoms with Crippen LogP contribution in [0.1, 0.15) is 51.0 Å². The Balaban J connectivity index is 1.64. The number of carboxylic acid groups (broad SMARTS) is 1. The molecule has 31 heavy (non-hydrogen) atoms. The first-order valence-electron chi connectivity index (χ1n) is 9.96. The maximum absolute atomic E-state index is 11.4. The zero-order valence-electron chi connectivity index (χ0n) is 16.7. The zero-order chi connectivity index (χ0) is 21.7. The molecule has 2 aromatic carbocycles. The van der Waals surface area contributed by atoms with Crippen LogP contribution in [0.4, 0.5) is 5.69 Å². The number of nitrogens with zero attached hydrogens (tertiary/aromatic N) is 3. The van der Waals surface area contributed by atoms with E-state index >= 15 is 0 Å². The van der Waals surface area contributed by atoms with Crippen LogP contribution in [-0.4, -0.2) is 16.8 Å². The fraction of sp³-hybridized carbons (Fsp3) is 0.208. The minimum absolute atomic E-state index is 0.0862. The lowest BCUT2D eigenvalue weighted by Gasteiger charge is -2.29. The molecule has 3 aromatic rings. The van der Waals surface area contributed by atoms with E-state index in [1.807, 2.05) is 36.2 Å². The molecule has 6 nitrogen and oxygen atoms in total. The van der Waals surface area contributed by atoms with Crippen molar-refractivity contribution in [2.24, 2.45) is 11.0 Å². The van der Waals surface area contributed by atoms with Gasteiger partial charge in [0.2, 0.25) is 0 Å². The van der Waals surface area contributed by atoms with Crippen molar-refractivity contribution in [3.05, 3.63) is 87.3 Å². The molecule has 0 bridgehead atoms. The Labute approximate surface area is 184 Å². The van der Waals surface area contributed by atoms with Gasteiger partial charge >= 0.3 is 5.97 Å². The number of aryl methyl sites for hydroxylation is 2. The Kier molecular flexibility index (Phi) is 4.57. The molecular weight excluding hydrogens is 414 g/mol. The van der Waals surface area contributed by atoms with E-state index in [2.05, 4.69) is 6.07 Å². The van der Waals surface area contributed by atoms with Crippen molar-refractivity contribution < 1.29 is 14.3 Å².